The van der Waals surface area contributed by atoms with E-state index < -0.39 is 0 Å². The summed E-state index contributed by atoms with van der Waals surface area (Å²) in [4.78, 5) is 0. The lowest BCUT2D eigenvalue weighted by Gasteiger charge is -2.10. The van der Waals surface area contributed by atoms with Crippen LogP contribution >= 0.6 is 11.6 Å². The molecule has 0 radical (unpaired) electrons. The van der Waals surface area contributed by atoms with Gasteiger partial charge in [-0.1, -0.05) is 13.0 Å². The molecule has 1 unspecified atom stereocenters. The molecular weight excluding hydrogens is 211 g/mol. The number of aryl methyl sites for hydroxylation is 2. The van der Waals surface area contributed by atoms with Crippen LogP contribution in [0.15, 0.2) is 12.1 Å². The normalized spacial score (nSPS) is 12.9. The molecule has 1 atom stereocenters. The Kier molecular flexibility index (Phi) is 4.59. The minimum absolute atomic E-state index is 0.0903. The standard InChI is InChI=1S/C13H18ClF/c1-4-11(14)5-6-12-10(3)7-9(2)8-13(12)15/h7-8,11H,4-6H2,1-3H3. The van der Waals surface area contributed by atoms with Crippen LogP contribution in [0.1, 0.15) is 36.5 Å². The Morgan fingerprint density at radius 2 is 2.00 bits per heavy atom. The topological polar surface area (TPSA) is 0 Å². The van der Waals surface area contributed by atoms with Crippen molar-refractivity contribution in [2.75, 3.05) is 0 Å². The van der Waals surface area contributed by atoms with Gasteiger partial charge >= 0.3 is 0 Å². The zero-order chi connectivity index (χ0) is 11.4. The van der Waals surface area contributed by atoms with Crippen molar-refractivity contribution in [1.29, 1.82) is 0 Å². The van der Waals surface area contributed by atoms with E-state index in [4.69, 9.17) is 11.6 Å². The van der Waals surface area contributed by atoms with Crippen LogP contribution in [0.25, 0.3) is 0 Å². The average molecular weight is 229 g/mol. The Balaban J connectivity index is 2.77. The molecule has 0 fully saturated rings. The summed E-state index contributed by atoms with van der Waals surface area (Å²) in [5.74, 6) is -0.0903. The van der Waals surface area contributed by atoms with Gasteiger partial charge in [0.25, 0.3) is 0 Å². The lowest BCUT2D eigenvalue weighted by Crippen LogP contribution is -2.02. The molecule has 0 N–H and O–H groups in total. The fourth-order valence-corrected chi connectivity index (χ4v) is 1.88. The molecule has 0 aliphatic rings. The molecule has 0 saturated heterocycles. The Hall–Kier alpha value is -0.560. The molecule has 1 aromatic rings. The molecule has 0 bridgehead atoms. The molecule has 84 valence electrons. The third-order valence-electron chi connectivity index (χ3n) is 2.71. The molecule has 0 nitrogen and oxygen atoms in total. The van der Waals surface area contributed by atoms with E-state index in [1.54, 1.807) is 6.07 Å². The van der Waals surface area contributed by atoms with E-state index in [0.29, 0.717) is 0 Å². The minimum Gasteiger partial charge on any atom is -0.207 e. The van der Waals surface area contributed by atoms with Crippen molar-refractivity contribution < 1.29 is 4.39 Å². The van der Waals surface area contributed by atoms with Crippen molar-refractivity contribution in [3.8, 4) is 0 Å². The highest BCUT2D eigenvalue weighted by atomic mass is 35.5. The molecule has 0 aliphatic carbocycles. The number of rotatable bonds is 4. The first-order valence-electron chi connectivity index (χ1n) is 5.44. The molecule has 1 rings (SSSR count). The van der Waals surface area contributed by atoms with Gasteiger partial charge in [0.15, 0.2) is 0 Å². The minimum atomic E-state index is -0.0903. The van der Waals surface area contributed by atoms with Gasteiger partial charge in [0.2, 0.25) is 0 Å². The summed E-state index contributed by atoms with van der Waals surface area (Å²) in [6.07, 6.45) is 2.52. The van der Waals surface area contributed by atoms with Crippen LogP contribution in [0.3, 0.4) is 0 Å². The lowest BCUT2D eigenvalue weighted by atomic mass is 9.99. The smallest absolute Gasteiger partial charge is 0.126 e. The van der Waals surface area contributed by atoms with Crippen LogP contribution in [-0.4, -0.2) is 5.38 Å². The number of alkyl halides is 1. The van der Waals surface area contributed by atoms with Gasteiger partial charge in [0, 0.05) is 5.38 Å². The predicted molar refractivity (Wildman–Crippen MR) is 64.1 cm³/mol. The third kappa shape index (κ3) is 3.49. The Labute approximate surface area is 96.5 Å². The summed E-state index contributed by atoms with van der Waals surface area (Å²) >= 11 is 6.03. The quantitative estimate of drug-likeness (QED) is 0.671. The summed E-state index contributed by atoms with van der Waals surface area (Å²) in [5.41, 5.74) is 2.83. The number of benzene rings is 1. The Bertz CT molecular complexity index is 310. The van der Waals surface area contributed by atoms with Crippen molar-refractivity contribution in [1.82, 2.24) is 0 Å². The average Bonchev–Trinajstić information content (AvgIpc) is 2.15. The molecule has 2 heteroatoms. The van der Waals surface area contributed by atoms with E-state index in [1.165, 1.54) is 0 Å². The molecule has 0 spiro atoms. The fraction of sp³-hybridized carbons (Fsp3) is 0.538. The van der Waals surface area contributed by atoms with Crippen LogP contribution in [0.5, 0.6) is 0 Å². The van der Waals surface area contributed by atoms with E-state index in [2.05, 4.69) is 6.92 Å². The summed E-state index contributed by atoms with van der Waals surface area (Å²) in [6.45, 7) is 5.92. The van der Waals surface area contributed by atoms with Crippen LogP contribution in [0.4, 0.5) is 4.39 Å². The van der Waals surface area contributed by atoms with Crippen molar-refractivity contribution >= 4 is 11.6 Å². The number of hydrogen-bond donors (Lipinski definition) is 0. The second-order valence-corrected chi connectivity index (χ2v) is 4.70. The Morgan fingerprint density at radius 1 is 1.33 bits per heavy atom. The van der Waals surface area contributed by atoms with Crippen LogP contribution < -0.4 is 0 Å². The molecule has 0 heterocycles. The summed E-state index contributed by atoms with van der Waals surface area (Å²) in [6, 6.07) is 3.62. The zero-order valence-electron chi connectivity index (χ0n) is 9.61. The summed E-state index contributed by atoms with van der Waals surface area (Å²) in [5, 5.41) is 0.158. The summed E-state index contributed by atoms with van der Waals surface area (Å²) in [7, 11) is 0. The SMILES string of the molecule is CCC(Cl)CCc1c(C)cc(C)cc1F. The monoisotopic (exact) mass is 228 g/mol. The van der Waals surface area contributed by atoms with E-state index >= 15 is 0 Å². The highest BCUT2D eigenvalue weighted by Gasteiger charge is 2.09. The third-order valence-corrected chi connectivity index (χ3v) is 3.24. The number of hydrogen-bond acceptors (Lipinski definition) is 0. The largest absolute Gasteiger partial charge is 0.207 e. The molecule has 1 aromatic carbocycles. The van der Waals surface area contributed by atoms with E-state index in [1.807, 2.05) is 19.9 Å². The fourth-order valence-electron chi connectivity index (χ4n) is 1.77. The van der Waals surface area contributed by atoms with Gasteiger partial charge in [0.1, 0.15) is 5.82 Å². The number of halogens is 2. The van der Waals surface area contributed by atoms with Crippen LogP contribution in [-0.2, 0) is 6.42 Å². The van der Waals surface area contributed by atoms with Gasteiger partial charge in [-0.15, -0.1) is 11.6 Å². The molecule has 0 amide bonds. The Morgan fingerprint density at radius 3 is 2.53 bits per heavy atom. The maximum atomic E-state index is 13.6. The zero-order valence-corrected chi connectivity index (χ0v) is 10.4. The first-order valence-corrected chi connectivity index (χ1v) is 5.88. The first kappa shape index (κ1) is 12.5. The van der Waals surface area contributed by atoms with E-state index in [9.17, 15) is 4.39 Å². The molecular formula is C13H18ClF. The molecule has 15 heavy (non-hydrogen) atoms. The van der Waals surface area contributed by atoms with Crippen molar-refractivity contribution in [2.24, 2.45) is 0 Å². The van der Waals surface area contributed by atoms with Gasteiger partial charge < -0.3 is 0 Å². The van der Waals surface area contributed by atoms with Crippen molar-refractivity contribution in [3.05, 3.63) is 34.6 Å². The first-order chi connectivity index (χ1) is 7.04. The van der Waals surface area contributed by atoms with E-state index in [-0.39, 0.29) is 11.2 Å². The summed E-state index contributed by atoms with van der Waals surface area (Å²) < 4.78 is 13.6. The maximum absolute atomic E-state index is 13.6. The van der Waals surface area contributed by atoms with Crippen LogP contribution in [0.2, 0.25) is 0 Å². The van der Waals surface area contributed by atoms with Crippen molar-refractivity contribution in [3.63, 3.8) is 0 Å². The second-order valence-electron chi connectivity index (χ2n) is 4.09. The van der Waals surface area contributed by atoms with Gasteiger partial charge in [-0.05, 0) is 55.9 Å². The van der Waals surface area contributed by atoms with Gasteiger partial charge in [-0.3, -0.25) is 0 Å². The molecule has 0 saturated carbocycles. The van der Waals surface area contributed by atoms with Crippen molar-refractivity contribution in [2.45, 2.75) is 45.4 Å². The van der Waals surface area contributed by atoms with Gasteiger partial charge in [-0.2, -0.15) is 0 Å². The molecule has 0 aromatic heterocycles. The maximum Gasteiger partial charge on any atom is 0.126 e. The highest BCUT2D eigenvalue weighted by molar-refractivity contribution is 6.20. The van der Waals surface area contributed by atoms with E-state index in [0.717, 1.165) is 36.0 Å². The van der Waals surface area contributed by atoms with Crippen LogP contribution in [0, 0.1) is 19.7 Å². The predicted octanol–water partition coefficient (Wildman–Crippen LogP) is 4.39. The van der Waals surface area contributed by atoms with Gasteiger partial charge in [0.05, 0.1) is 0 Å². The van der Waals surface area contributed by atoms with Gasteiger partial charge in [-0.25, -0.2) is 4.39 Å². The second kappa shape index (κ2) is 5.50. The molecule has 0 aliphatic heterocycles. The lowest BCUT2D eigenvalue weighted by molar-refractivity contribution is 0.596. The highest BCUT2D eigenvalue weighted by Crippen LogP contribution is 2.19.